The van der Waals surface area contributed by atoms with Crippen LogP contribution in [0.25, 0.3) is 0 Å². The molecule has 1 nitrogen and oxygen atoms in total. The first-order valence-corrected chi connectivity index (χ1v) is 6.84. The molecular formula is C14H29N. The van der Waals surface area contributed by atoms with E-state index in [0.717, 1.165) is 6.04 Å². The van der Waals surface area contributed by atoms with Gasteiger partial charge in [0.15, 0.2) is 0 Å². The molecule has 2 atom stereocenters. The van der Waals surface area contributed by atoms with Crippen LogP contribution >= 0.6 is 0 Å². The summed E-state index contributed by atoms with van der Waals surface area (Å²) >= 11 is 0. The molecule has 1 heteroatoms. The highest BCUT2D eigenvalue weighted by Gasteiger charge is 2.34. The summed E-state index contributed by atoms with van der Waals surface area (Å²) in [5, 5.41) is 0. The molecule has 0 bridgehead atoms. The van der Waals surface area contributed by atoms with Crippen LogP contribution in [0.4, 0.5) is 0 Å². The summed E-state index contributed by atoms with van der Waals surface area (Å²) in [5.74, 6) is 0. The maximum atomic E-state index is 2.57. The van der Waals surface area contributed by atoms with Gasteiger partial charge in [-0.05, 0) is 45.1 Å². The third-order valence-electron chi connectivity index (χ3n) is 4.49. The summed E-state index contributed by atoms with van der Waals surface area (Å²) in [6, 6.07) is 0.802. The Balaban J connectivity index is 2.45. The number of rotatable bonds is 5. The van der Waals surface area contributed by atoms with Gasteiger partial charge in [0, 0.05) is 12.6 Å². The molecule has 0 radical (unpaired) electrons. The van der Waals surface area contributed by atoms with E-state index in [-0.39, 0.29) is 0 Å². The fourth-order valence-corrected chi connectivity index (χ4v) is 2.92. The van der Waals surface area contributed by atoms with E-state index < -0.39 is 0 Å². The SMILES string of the molecule is CCCCCC1(CC)CCC(C)N(C)C1. The molecule has 0 spiro atoms. The van der Waals surface area contributed by atoms with Gasteiger partial charge in [0.2, 0.25) is 0 Å². The second-order valence-corrected chi connectivity index (χ2v) is 5.61. The highest BCUT2D eigenvalue weighted by Crippen LogP contribution is 2.39. The van der Waals surface area contributed by atoms with Crippen LogP contribution in [0, 0.1) is 5.41 Å². The van der Waals surface area contributed by atoms with Gasteiger partial charge in [-0.2, -0.15) is 0 Å². The van der Waals surface area contributed by atoms with E-state index in [1.54, 1.807) is 0 Å². The lowest BCUT2D eigenvalue weighted by Crippen LogP contribution is -2.45. The van der Waals surface area contributed by atoms with E-state index in [1.165, 1.54) is 51.5 Å². The Morgan fingerprint density at radius 2 is 2.00 bits per heavy atom. The highest BCUT2D eigenvalue weighted by atomic mass is 15.1. The average molecular weight is 211 g/mol. The van der Waals surface area contributed by atoms with Gasteiger partial charge in [0.25, 0.3) is 0 Å². The van der Waals surface area contributed by atoms with Crippen LogP contribution in [0.1, 0.15) is 65.7 Å². The molecule has 1 fully saturated rings. The number of hydrogen-bond donors (Lipinski definition) is 0. The lowest BCUT2D eigenvalue weighted by Gasteiger charge is -2.44. The van der Waals surface area contributed by atoms with Gasteiger partial charge in [-0.3, -0.25) is 0 Å². The minimum atomic E-state index is 0.649. The molecule has 1 aliphatic heterocycles. The first kappa shape index (κ1) is 13.0. The van der Waals surface area contributed by atoms with E-state index in [4.69, 9.17) is 0 Å². The van der Waals surface area contributed by atoms with Gasteiger partial charge >= 0.3 is 0 Å². The number of nitrogens with zero attached hydrogens (tertiary/aromatic N) is 1. The van der Waals surface area contributed by atoms with E-state index in [0.29, 0.717) is 5.41 Å². The van der Waals surface area contributed by atoms with Gasteiger partial charge in [0.05, 0.1) is 0 Å². The van der Waals surface area contributed by atoms with Crippen LogP contribution in [0.3, 0.4) is 0 Å². The first-order valence-electron chi connectivity index (χ1n) is 6.84. The molecule has 1 rings (SSSR count). The van der Waals surface area contributed by atoms with Crippen LogP contribution in [0.5, 0.6) is 0 Å². The fourth-order valence-electron chi connectivity index (χ4n) is 2.92. The Morgan fingerprint density at radius 3 is 2.53 bits per heavy atom. The molecule has 0 aromatic carbocycles. The van der Waals surface area contributed by atoms with Crippen molar-refractivity contribution in [3.05, 3.63) is 0 Å². The Morgan fingerprint density at radius 1 is 1.27 bits per heavy atom. The van der Waals surface area contributed by atoms with E-state index in [2.05, 4.69) is 32.7 Å². The quantitative estimate of drug-likeness (QED) is 0.619. The van der Waals surface area contributed by atoms with Gasteiger partial charge < -0.3 is 4.90 Å². The van der Waals surface area contributed by atoms with Crippen molar-refractivity contribution >= 4 is 0 Å². The predicted octanol–water partition coefficient (Wildman–Crippen LogP) is 4.08. The van der Waals surface area contributed by atoms with E-state index in [9.17, 15) is 0 Å². The molecule has 0 aromatic heterocycles. The van der Waals surface area contributed by atoms with Crippen molar-refractivity contribution in [3.63, 3.8) is 0 Å². The molecule has 2 unspecified atom stereocenters. The predicted molar refractivity (Wildman–Crippen MR) is 68.2 cm³/mol. The topological polar surface area (TPSA) is 3.24 Å². The average Bonchev–Trinajstić information content (AvgIpc) is 2.24. The molecule has 0 saturated carbocycles. The Hall–Kier alpha value is -0.0400. The highest BCUT2D eigenvalue weighted by molar-refractivity contribution is 4.88. The smallest absolute Gasteiger partial charge is 0.00643 e. The molecule has 1 aliphatic rings. The van der Waals surface area contributed by atoms with Crippen molar-refractivity contribution in [1.82, 2.24) is 4.90 Å². The van der Waals surface area contributed by atoms with Crippen LogP contribution < -0.4 is 0 Å². The second-order valence-electron chi connectivity index (χ2n) is 5.61. The van der Waals surface area contributed by atoms with Gasteiger partial charge in [-0.15, -0.1) is 0 Å². The lowest BCUT2D eigenvalue weighted by molar-refractivity contribution is 0.0563. The molecule has 0 N–H and O–H groups in total. The van der Waals surface area contributed by atoms with Gasteiger partial charge in [0.1, 0.15) is 0 Å². The third kappa shape index (κ3) is 3.48. The van der Waals surface area contributed by atoms with Crippen molar-refractivity contribution in [1.29, 1.82) is 0 Å². The number of unbranched alkanes of at least 4 members (excludes halogenated alkanes) is 2. The molecule has 1 heterocycles. The van der Waals surface area contributed by atoms with Crippen LogP contribution in [0.2, 0.25) is 0 Å². The number of likely N-dealkylation sites (tertiary alicyclic amines) is 1. The molecular weight excluding hydrogens is 182 g/mol. The lowest BCUT2D eigenvalue weighted by atomic mass is 9.72. The zero-order chi connectivity index (χ0) is 11.3. The van der Waals surface area contributed by atoms with Crippen LogP contribution in [-0.2, 0) is 0 Å². The standard InChI is InChI=1S/C14H29N/c1-5-7-8-10-14(6-2)11-9-13(3)15(4)12-14/h13H,5-12H2,1-4H3. The van der Waals surface area contributed by atoms with Crippen molar-refractivity contribution < 1.29 is 0 Å². The minimum absolute atomic E-state index is 0.649. The summed E-state index contributed by atoms with van der Waals surface area (Å²) in [5.41, 5.74) is 0.649. The number of piperidine rings is 1. The summed E-state index contributed by atoms with van der Waals surface area (Å²) in [6.07, 6.45) is 9.89. The van der Waals surface area contributed by atoms with Gasteiger partial charge in [-0.1, -0.05) is 33.1 Å². The largest absolute Gasteiger partial charge is 0.303 e. The first-order chi connectivity index (χ1) is 7.13. The zero-order valence-electron chi connectivity index (χ0n) is 11.2. The monoisotopic (exact) mass is 211 g/mol. The minimum Gasteiger partial charge on any atom is -0.303 e. The third-order valence-corrected chi connectivity index (χ3v) is 4.49. The molecule has 1 saturated heterocycles. The maximum absolute atomic E-state index is 2.57. The van der Waals surface area contributed by atoms with Crippen LogP contribution in [-0.4, -0.2) is 24.5 Å². The Kier molecular flexibility index (Phi) is 5.11. The van der Waals surface area contributed by atoms with E-state index >= 15 is 0 Å². The Labute approximate surface area is 96.2 Å². The van der Waals surface area contributed by atoms with E-state index in [1.807, 2.05) is 0 Å². The molecule has 90 valence electrons. The fraction of sp³-hybridized carbons (Fsp3) is 1.00. The van der Waals surface area contributed by atoms with Crippen molar-refractivity contribution in [2.75, 3.05) is 13.6 Å². The molecule has 0 aromatic rings. The normalized spacial score (nSPS) is 33.2. The van der Waals surface area contributed by atoms with Gasteiger partial charge in [-0.25, -0.2) is 0 Å². The van der Waals surface area contributed by atoms with Crippen molar-refractivity contribution in [3.8, 4) is 0 Å². The summed E-state index contributed by atoms with van der Waals surface area (Å²) in [4.78, 5) is 2.57. The molecule has 0 amide bonds. The second kappa shape index (κ2) is 5.89. The van der Waals surface area contributed by atoms with Crippen molar-refractivity contribution in [2.24, 2.45) is 5.41 Å². The zero-order valence-corrected chi connectivity index (χ0v) is 11.2. The summed E-state index contributed by atoms with van der Waals surface area (Å²) < 4.78 is 0. The number of hydrogen-bond acceptors (Lipinski definition) is 1. The Bertz CT molecular complexity index is 178. The molecule has 15 heavy (non-hydrogen) atoms. The molecule has 0 aliphatic carbocycles. The maximum Gasteiger partial charge on any atom is 0.00643 e. The van der Waals surface area contributed by atoms with Crippen LogP contribution in [0.15, 0.2) is 0 Å². The summed E-state index contributed by atoms with van der Waals surface area (Å²) in [7, 11) is 2.30. The van der Waals surface area contributed by atoms with Crippen molar-refractivity contribution in [2.45, 2.75) is 71.8 Å². The summed E-state index contributed by atoms with van der Waals surface area (Å²) in [6.45, 7) is 8.38.